The second-order valence-corrected chi connectivity index (χ2v) is 8.40. The SMILES string of the molecule is CCCCn1c(SCC(=O)Nc2ccc(F)cc2F)nc2c(-c3ccccc3)c[nH]c2c1=O. The number of hydrogen-bond acceptors (Lipinski definition) is 4. The van der Waals surface area contributed by atoms with E-state index in [2.05, 4.69) is 10.3 Å². The molecule has 170 valence electrons. The van der Waals surface area contributed by atoms with Gasteiger partial charge in [-0.1, -0.05) is 55.4 Å². The third kappa shape index (κ3) is 4.98. The maximum atomic E-state index is 13.9. The minimum atomic E-state index is -0.854. The van der Waals surface area contributed by atoms with E-state index in [9.17, 15) is 18.4 Å². The van der Waals surface area contributed by atoms with E-state index in [-0.39, 0.29) is 17.0 Å². The van der Waals surface area contributed by atoms with Gasteiger partial charge in [-0.25, -0.2) is 13.8 Å². The molecule has 0 fully saturated rings. The second kappa shape index (κ2) is 9.99. The van der Waals surface area contributed by atoms with Gasteiger partial charge < -0.3 is 10.3 Å². The van der Waals surface area contributed by atoms with Crippen molar-refractivity contribution in [1.82, 2.24) is 14.5 Å². The Morgan fingerprint density at radius 2 is 1.97 bits per heavy atom. The minimum Gasteiger partial charge on any atom is -0.355 e. The highest BCUT2D eigenvalue weighted by atomic mass is 32.2. The Kier molecular flexibility index (Phi) is 6.88. The van der Waals surface area contributed by atoms with Crippen molar-refractivity contribution >= 4 is 34.4 Å². The molecule has 0 radical (unpaired) electrons. The predicted molar refractivity (Wildman–Crippen MR) is 126 cm³/mol. The highest BCUT2D eigenvalue weighted by Gasteiger charge is 2.18. The van der Waals surface area contributed by atoms with Crippen molar-refractivity contribution in [1.29, 1.82) is 0 Å². The number of hydrogen-bond donors (Lipinski definition) is 2. The van der Waals surface area contributed by atoms with Crippen molar-refractivity contribution in [2.45, 2.75) is 31.5 Å². The van der Waals surface area contributed by atoms with Gasteiger partial charge >= 0.3 is 0 Å². The predicted octanol–water partition coefficient (Wildman–Crippen LogP) is 5.20. The highest BCUT2D eigenvalue weighted by Crippen LogP contribution is 2.28. The van der Waals surface area contributed by atoms with Crippen LogP contribution in [0.1, 0.15) is 19.8 Å². The zero-order valence-corrected chi connectivity index (χ0v) is 18.7. The summed E-state index contributed by atoms with van der Waals surface area (Å²) in [5.74, 6) is -2.16. The fourth-order valence-corrected chi connectivity index (χ4v) is 4.26. The lowest BCUT2D eigenvalue weighted by atomic mass is 10.1. The van der Waals surface area contributed by atoms with Gasteiger partial charge in [0.1, 0.15) is 22.7 Å². The summed E-state index contributed by atoms with van der Waals surface area (Å²) in [6, 6.07) is 12.5. The topological polar surface area (TPSA) is 79.8 Å². The Morgan fingerprint density at radius 3 is 2.70 bits per heavy atom. The van der Waals surface area contributed by atoms with Crippen molar-refractivity contribution in [2.75, 3.05) is 11.1 Å². The first-order valence-corrected chi connectivity index (χ1v) is 11.5. The number of aromatic nitrogens is 3. The molecule has 2 heterocycles. The second-order valence-electron chi connectivity index (χ2n) is 7.46. The van der Waals surface area contributed by atoms with Crippen LogP contribution in [0.3, 0.4) is 0 Å². The number of thioether (sulfide) groups is 1. The molecule has 2 aromatic heterocycles. The lowest BCUT2D eigenvalue weighted by Crippen LogP contribution is -2.24. The summed E-state index contributed by atoms with van der Waals surface area (Å²) in [6.45, 7) is 2.49. The number of H-pyrrole nitrogens is 1. The number of benzene rings is 2. The van der Waals surface area contributed by atoms with Crippen molar-refractivity contribution < 1.29 is 13.6 Å². The van der Waals surface area contributed by atoms with Gasteiger partial charge in [0.2, 0.25) is 5.91 Å². The zero-order valence-electron chi connectivity index (χ0n) is 17.9. The van der Waals surface area contributed by atoms with Gasteiger partial charge in [0.15, 0.2) is 5.16 Å². The number of nitrogens with one attached hydrogen (secondary N) is 2. The average molecular weight is 469 g/mol. The normalized spacial score (nSPS) is 11.1. The number of aromatic amines is 1. The van der Waals surface area contributed by atoms with Gasteiger partial charge in [-0.05, 0) is 24.1 Å². The van der Waals surface area contributed by atoms with Crippen LogP contribution in [-0.4, -0.2) is 26.2 Å². The van der Waals surface area contributed by atoms with E-state index in [4.69, 9.17) is 4.98 Å². The third-order valence-electron chi connectivity index (χ3n) is 5.11. The number of rotatable bonds is 8. The fourth-order valence-electron chi connectivity index (χ4n) is 3.44. The maximum absolute atomic E-state index is 13.9. The Morgan fingerprint density at radius 1 is 1.18 bits per heavy atom. The van der Waals surface area contributed by atoms with Gasteiger partial charge in [0.25, 0.3) is 5.56 Å². The molecule has 0 aliphatic rings. The van der Waals surface area contributed by atoms with E-state index < -0.39 is 17.5 Å². The maximum Gasteiger partial charge on any atom is 0.278 e. The lowest BCUT2D eigenvalue weighted by molar-refractivity contribution is -0.113. The Labute approximate surface area is 193 Å². The molecule has 4 rings (SSSR count). The molecule has 0 spiro atoms. The van der Waals surface area contributed by atoms with Gasteiger partial charge in [0, 0.05) is 24.4 Å². The van der Waals surface area contributed by atoms with E-state index >= 15 is 0 Å². The summed E-state index contributed by atoms with van der Waals surface area (Å²) in [6.07, 6.45) is 3.43. The average Bonchev–Trinajstić information content (AvgIpc) is 3.24. The molecule has 0 unspecified atom stereocenters. The summed E-state index contributed by atoms with van der Waals surface area (Å²) in [7, 11) is 0. The molecule has 0 aliphatic carbocycles. The summed E-state index contributed by atoms with van der Waals surface area (Å²) in [5.41, 5.74) is 2.35. The van der Waals surface area contributed by atoms with Crippen molar-refractivity contribution in [3.05, 3.63) is 76.7 Å². The third-order valence-corrected chi connectivity index (χ3v) is 6.08. The molecule has 0 atom stereocenters. The molecular weight excluding hydrogens is 446 g/mol. The van der Waals surface area contributed by atoms with Gasteiger partial charge in [-0.3, -0.25) is 14.2 Å². The highest BCUT2D eigenvalue weighted by molar-refractivity contribution is 7.99. The first kappa shape index (κ1) is 22.7. The van der Waals surface area contributed by atoms with Gasteiger partial charge in [-0.2, -0.15) is 0 Å². The molecule has 0 aliphatic heterocycles. The van der Waals surface area contributed by atoms with Gasteiger partial charge in [0.05, 0.1) is 11.4 Å². The molecule has 1 amide bonds. The Balaban J connectivity index is 1.64. The molecule has 0 bridgehead atoms. The van der Waals surface area contributed by atoms with E-state index in [0.717, 1.165) is 41.8 Å². The van der Waals surface area contributed by atoms with Crippen LogP contribution in [0.5, 0.6) is 0 Å². The van der Waals surface area contributed by atoms with E-state index in [1.165, 1.54) is 6.07 Å². The molecule has 9 heteroatoms. The van der Waals surface area contributed by atoms with E-state index in [0.29, 0.717) is 28.8 Å². The minimum absolute atomic E-state index is 0.0913. The molecule has 33 heavy (non-hydrogen) atoms. The lowest BCUT2D eigenvalue weighted by Gasteiger charge is -2.12. The molecule has 2 N–H and O–H groups in total. The zero-order chi connectivity index (χ0) is 23.4. The molecule has 6 nitrogen and oxygen atoms in total. The quantitative estimate of drug-likeness (QED) is 0.275. The van der Waals surface area contributed by atoms with Crippen LogP contribution in [-0.2, 0) is 11.3 Å². The first-order chi connectivity index (χ1) is 16.0. The standard InChI is InChI=1S/C24H22F2N4O2S/c1-2-3-11-30-23(32)22-21(17(13-27-22)15-7-5-4-6-8-15)29-24(30)33-14-20(31)28-19-10-9-16(25)12-18(19)26/h4-10,12-13,27H,2-3,11,14H2,1H3,(H,28,31). The van der Waals surface area contributed by atoms with Crippen molar-refractivity contribution in [3.8, 4) is 11.1 Å². The summed E-state index contributed by atoms with van der Waals surface area (Å²) in [4.78, 5) is 33.4. The summed E-state index contributed by atoms with van der Waals surface area (Å²) < 4.78 is 28.5. The molecule has 0 saturated heterocycles. The Bertz CT molecular complexity index is 1350. The summed E-state index contributed by atoms with van der Waals surface area (Å²) in [5, 5.41) is 2.84. The van der Waals surface area contributed by atoms with E-state index in [1.807, 2.05) is 37.3 Å². The van der Waals surface area contributed by atoms with Crippen LogP contribution in [0.25, 0.3) is 22.2 Å². The number of anilines is 1. The monoisotopic (exact) mass is 468 g/mol. The summed E-state index contributed by atoms with van der Waals surface area (Å²) >= 11 is 1.10. The van der Waals surface area contributed by atoms with Crippen LogP contribution in [0.15, 0.2) is 64.7 Å². The van der Waals surface area contributed by atoms with Crippen LogP contribution in [0.2, 0.25) is 0 Å². The Hall–Kier alpha value is -3.46. The molecule has 0 saturated carbocycles. The van der Waals surface area contributed by atoms with E-state index in [1.54, 1.807) is 10.8 Å². The number of halogens is 2. The van der Waals surface area contributed by atoms with Crippen LogP contribution >= 0.6 is 11.8 Å². The number of nitrogens with zero attached hydrogens (tertiary/aromatic N) is 2. The number of unbranched alkanes of at least 4 members (excludes halogenated alkanes) is 1. The first-order valence-electron chi connectivity index (χ1n) is 10.5. The fraction of sp³-hybridized carbons (Fsp3) is 0.208. The van der Waals surface area contributed by atoms with Crippen molar-refractivity contribution in [2.24, 2.45) is 0 Å². The van der Waals surface area contributed by atoms with Crippen LogP contribution in [0, 0.1) is 11.6 Å². The molecule has 4 aromatic rings. The van der Waals surface area contributed by atoms with Gasteiger partial charge in [-0.15, -0.1) is 0 Å². The number of fused-ring (bicyclic) bond motifs is 1. The molecular formula is C24H22F2N4O2S. The smallest absolute Gasteiger partial charge is 0.278 e. The van der Waals surface area contributed by atoms with Crippen LogP contribution < -0.4 is 10.9 Å². The molecule has 2 aromatic carbocycles. The number of amides is 1. The van der Waals surface area contributed by atoms with Crippen molar-refractivity contribution in [3.63, 3.8) is 0 Å². The van der Waals surface area contributed by atoms with Crippen LogP contribution in [0.4, 0.5) is 14.5 Å². The largest absolute Gasteiger partial charge is 0.355 e. The number of carbonyl (C=O) groups excluding carboxylic acids is 1. The number of carbonyl (C=O) groups is 1.